The van der Waals surface area contributed by atoms with E-state index in [0.29, 0.717) is 31.9 Å². The van der Waals surface area contributed by atoms with Crippen LogP contribution in [0.4, 0.5) is 0 Å². The summed E-state index contributed by atoms with van der Waals surface area (Å²) in [6.45, 7) is 3.35. The predicted octanol–water partition coefficient (Wildman–Crippen LogP) is 3.79. The van der Waals surface area contributed by atoms with Crippen molar-refractivity contribution in [2.45, 2.75) is 13.8 Å². The molecule has 0 aliphatic carbocycles. The van der Waals surface area contributed by atoms with Crippen molar-refractivity contribution in [3.8, 4) is 23.0 Å². The highest BCUT2D eigenvalue weighted by molar-refractivity contribution is 8.26. The molecule has 0 unspecified atom stereocenters. The first-order chi connectivity index (χ1) is 13.8. The molecule has 9 heteroatoms. The minimum absolute atomic E-state index is 0.109. The Balaban J connectivity index is 1.59. The highest BCUT2D eigenvalue weighted by Gasteiger charge is 2.22. The SMILES string of the molecule is Cc1c(-c2cc3cc(OC/C=C4/SC(=S)NC4=O)ccc3o2)oc(=O)c(C)c1O. The maximum absolute atomic E-state index is 11.9. The number of fused-ring (bicyclic) bond motifs is 1. The van der Waals surface area contributed by atoms with E-state index in [1.54, 1.807) is 37.3 Å². The molecule has 29 heavy (non-hydrogen) atoms. The summed E-state index contributed by atoms with van der Waals surface area (Å²) in [4.78, 5) is 24.0. The topological polar surface area (TPSA) is 102 Å². The zero-order chi connectivity index (χ0) is 20.7. The van der Waals surface area contributed by atoms with Gasteiger partial charge in [0.2, 0.25) is 0 Å². The van der Waals surface area contributed by atoms with E-state index in [9.17, 15) is 14.7 Å². The molecule has 3 heterocycles. The van der Waals surface area contributed by atoms with E-state index in [0.717, 1.165) is 5.39 Å². The molecule has 1 aliphatic rings. The molecule has 0 saturated carbocycles. The fourth-order valence-electron chi connectivity index (χ4n) is 2.86. The molecule has 0 radical (unpaired) electrons. The van der Waals surface area contributed by atoms with Crippen molar-refractivity contribution in [2.24, 2.45) is 0 Å². The zero-order valence-electron chi connectivity index (χ0n) is 15.4. The lowest BCUT2D eigenvalue weighted by Crippen LogP contribution is -2.17. The Kier molecular flexibility index (Phi) is 4.93. The van der Waals surface area contributed by atoms with Crippen LogP contribution in [0.25, 0.3) is 22.5 Å². The molecule has 7 nitrogen and oxygen atoms in total. The van der Waals surface area contributed by atoms with Crippen LogP contribution in [0.5, 0.6) is 11.5 Å². The van der Waals surface area contributed by atoms with Gasteiger partial charge in [-0.3, -0.25) is 4.79 Å². The summed E-state index contributed by atoms with van der Waals surface area (Å²) in [5.41, 5.74) is 0.536. The number of hydrogen-bond donors (Lipinski definition) is 2. The van der Waals surface area contributed by atoms with Gasteiger partial charge in [0.25, 0.3) is 5.91 Å². The molecule has 4 rings (SSSR count). The lowest BCUT2D eigenvalue weighted by Gasteiger charge is -2.05. The van der Waals surface area contributed by atoms with Gasteiger partial charge in [0.1, 0.15) is 28.0 Å². The van der Waals surface area contributed by atoms with Crippen LogP contribution in [0, 0.1) is 13.8 Å². The standard InChI is InChI=1S/C20H15NO6S2/c1-9-16(22)10(2)19(24)27-17(9)14-8-11-7-12(3-4-13(11)26-14)25-6-5-15-18(23)21-20(28)29-15/h3-5,7-8,22H,6H2,1-2H3,(H,21,23,28)/b15-5+. The van der Waals surface area contributed by atoms with Gasteiger partial charge in [-0.05, 0) is 44.2 Å². The van der Waals surface area contributed by atoms with E-state index in [-0.39, 0.29) is 29.6 Å². The van der Waals surface area contributed by atoms with Crippen LogP contribution in [0.1, 0.15) is 11.1 Å². The van der Waals surface area contributed by atoms with Crippen molar-refractivity contribution in [3.63, 3.8) is 0 Å². The first-order valence-corrected chi connectivity index (χ1v) is 9.79. The van der Waals surface area contributed by atoms with Crippen LogP contribution in [-0.4, -0.2) is 21.9 Å². The molecule has 1 aromatic carbocycles. The number of hydrogen-bond acceptors (Lipinski definition) is 8. The number of amides is 1. The van der Waals surface area contributed by atoms with Crippen LogP contribution in [0.15, 0.2) is 48.9 Å². The molecular formula is C20H15NO6S2. The summed E-state index contributed by atoms with van der Waals surface area (Å²) < 4.78 is 17.2. The van der Waals surface area contributed by atoms with Crippen LogP contribution < -0.4 is 15.7 Å². The average Bonchev–Trinajstić information content (AvgIpc) is 3.25. The van der Waals surface area contributed by atoms with E-state index in [1.165, 1.54) is 18.7 Å². The predicted molar refractivity (Wildman–Crippen MR) is 113 cm³/mol. The monoisotopic (exact) mass is 429 g/mol. The molecule has 0 bridgehead atoms. The highest BCUT2D eigenvalue weighted by Crippen LogP contribution is 2.34. The number of thiocarbonyl (C=S) groups is 1. The molecular weight excluding hydrogens is 414 g/mol. The molecule has 0 atom stereocenters. The summed E-state index contributed by atoms with van der Waals surface area (Å²) in [5.74, 6) is 0.759. The first kappa shape index (κ1) is 19.3. The first-order valence-electron chi connectivity index (χ1n) is 8.57. The van der Waals surface area contributed by atoms with Crippen molar-refractivity contribution in [3.05, 3.63) is 56.8 Å². The summed E-state index contributed by atoms with van der Waals surface area (Å²) in [5, 5.41) is 13.4. The molecule has 1 aliphatic heterocycles. The number of aromatic hydroxyl groups is 1. The van der Waals surface area contributed by atoms with Gasteiger partial charge in [-0.15, -0.1) is 0 Å². The van der Waals surface area contributed by atoms with Gasteiger partial charge >= 0.3 is 5.63 Å². The smallest absolute Gasteiger partial charge is 0.343 e. The van der Waals surface area contributed by atoms with E-state index < -0.39 is 5.63 Å². The number of furan rings is 1. The van der Waals surface area contributed by atoms with Crippen LogP contribution in [0.3, 0.4) is 0 Å². The van der Waals surface area contributed by atoms with Gasteiger partial charge in [-0.25, -0.2) is 4.79 Å². The summed E-state index contributed by atoms with van der Waals surface area (Å²) in [6.07, 6.45) is 1.66. The van der Waals surface area contributed by atoms with Gasteiger partial charge in [-0.2, -0.15) is 0 Å². The number of rotatable bonds is 4. The number of ether oxygens (including phenoxy) is 1. The number of thioether (sulfide) groups is 1. The Morgan fingerprint density at radius 1 is 1.21 bits per heavy atom. The van der Waals surface area contributed by atoms with Crippen LogP contribution in [0.2, 0.25) is 0 Å². The number of benzene rings is 1. The van der Waals surface area contributed by atoms with Gasteiger partial charge < -0.3 is 24.0 Å². The molecule has 2 aromatic heterocycles. The van der Waals surface area contributed by atoms with Crippen molar-refractivity contribution in [2.75, 3.05) is 6.61 Å². The Morgan fingerprint density at radius 3 is 2.72 bits per heavy atom. The number of carbonyl (C=O) groups excluding carboxylic acids is 1. The van der Waals surface area contributed by atoms with Gasteiger partial charge in [0.15, 0.2) is 11.5 Å². The second-order valence-corrected chi connectivity index (χ2v) is 8.07. The van der Waals surface area contributed by atoms with Crippen LogP contribution >= 0.6 is 24.0 Å². The Hall–Kier alpha value is -3.04. The van der Waals surface area contributed by atoms with Gasteiger partial charge in [0, 0.05) is 10.9 Å². The van der Waals surface area contributed by atoms with Crippen LogP contribution in [-0.2, 0) is 4.79 Å². The lowest BCUT2D eigenvalue weighted by atomic mass is 10.1. The molecule has 1 amide bonds. The van der Waals surface area contributed by atoms with E-state index in [2.05, 4.69) is 5.32 Å². The molecule has 3 aromatic rings. The molecule has 148 valence electrons. The number of nitrogens with one attached hydrogen (secondary N) is 1. The van der Waals surface area contributed by atoms with E-state index >= 15 is 0 Å². The minimum atomic E-state index is -0.617. The molecule has 2 N–H and O–H groups in total. The summed E-state index contributed by atoms with van der Waals surface area (Å²) >= 11 is 6.14. The lowest BCUT2D eigenvalue weighted by molar-refractivity contribution is -0.115. The maximum Gasteiger partial charge on any atom is 0.343 e. The average molecular weight is 429 g/mol. The zero-order valence-corrected chi connectivity index (χ0v) is 17.0. The summed E-state index contributed by atoms with van der Waals surface area (Å²) in [7, 11) is 0. The van der Waals surface area contributed by atoms with Crippen molar-refractivity contribution < 1.29 is 23.5 Å². The fraction of sp³-hybridized carbons (Fsp3) is 0.150. The van der Waals surface area contributed by atoms with Crippen molar-refractivity contribution in [1.82, 2.24) is 5.32 Å². The third-order valence-electron chi connectivity index (χ3n) is 4.42. The van der Waals surface area contributed by atoms with Crippen molar-refractivity contribution in [1.29, 1.82) is 0 Å². The Labute approximate surface area is 174 Å². The second kappa shape index (κ2) is 7.41. The molecule has 1 fully saturated rings. The van der Waals surface area contributed by atoms with Gasteiger partial charge in [-0.1, -0.05) is 24.0 Å². The molecule has 0 spiro atoms. The second-order valence-electron chi connectivity index (χ2n) is 6.35. The normalized spacial score (nSPS) is 15.3. The third kappa shape index (κ3) is 3.66. The summed E-state index contributed by atoms with van der Waals surface area (Å²) in [6, 6.07) is 6.94. The Morgan fingerprint density at radius 2 is 2.00 bits per heavy atom. The van der Waals surface area contributed by atoms with E-state index in [1.807, 2.05) is 0 Å². The largest absolute Gasteiger partial charge is 0.507 e. The quantitative estimate of drug-likeness (QED) is 0.477. The fourth-order valence-corrected chi connectivity index (χ4v) is 3.86. The minimum Gasteiger partial charge on any atom is -0.507 e. The number of carbonyl (C=O) groups is 1. The van der Waals surface area contributed by atoms with E-state index in [4.69, 9.17) is 25.8 Å². The molecule has 1 saturated heterocycles. The Bertz CT molecular complexity index is 1250. The maximum atomic E-state index is 11.9. The van der Waals surface area contributed by atoms with Crippen molar-refractivity contribution >= 4 is 45.2 Å². The van der Waals surface area contributed by atoms with Gasteiger partial charge in [0.05, 0.1) is 10.5 Å². The third-order valence-corrected chi connectivity index (χ3v) is 5.64. The highest BCUT2D eigenvalue weighted by atomic mass is 32.2.